The van der Waals surface area contributed by atoms with Crippen LogP contribution in [0.4, 0.5) is 34.1 Å². The lowest BCUT2D eigenvalue weighted by Crippen LogP contribution is -2.29. The van der Waals surface area contributed by atoms with Gasteiger partial charge in [0.1, 0.15) is 33.8 Å². The normalized spacial score (nSPS) is 13.3. The number of hydrogen-bond donors (Lipinski definition) is 0. The fraction of sp³-hybridized carbons (Fsp3) is 0.205. The monoisotopic (exact) mass is 1150 g/mol. The van der Waals surface area contributed by atoms with Crippen LogP contribution in [0.5, 0.6) is 11.5 Å². The highest BCUT2D eigenvalue weighted by Crippen LogP contribution is 2.65. The molecule has 436 valence electrons. The third kappa shape index (κ3) is 9.45. The molecule has 0 N–H and O–H groups in total. The predicted molar refractivity (Wildman–Crippen MR) is 369 cm³/mol. The van der Waals surface area contributed by atoms with Crippen LogP contribution in [-0.4, -0.2) is 0 Å². The van der Waals surface area contributed by atoms with E-state index in [2.05, 4.69) is 336 Å². The van der Waals surface area contributed by atoms with Crippen molar-refractivity contribution in [2.24, 2.45) is 0 Å². The van der Waals surface area contributed by atoms with Crippen LogP contribution in [0, 0.1) is 0 Å². The molecule has 0 radical (unpaired) electrons. The van der Waals surface area contributed by atoms with Crippen LogP contribution in [0.3, 0.4) is 0 Å². The Bertz CT molecular complexity index is 4510. The molecule has 5 nitrogen and oxygen atoms in total. The van der Waals surface area contributed by atoms with Crippen molar-refractivity contribution in [1.82, 2.24) is 0 Å². The Morgan fingerprint density at radius 2 is 0.614 bits per heavy atom. The molecule has 13 aromatic rings. The molecule has 14 rings (SSSR count). The number of benzene rings is 11. The fourth-order valence-electron chi connectivity index (χ4n) is 13.5. The Morgan fingerprint density at radius 3 is 0.977 bits per heavy atom. The number of anilines is 6. The van der Waals surface area contributed by atoms with E-state index in [-0.39, 0.29) is 21.7 Å². The molecule has 11 aromatic carbocycles. The van der Waals surface area contributed by atoms with E-state index in [1.807, 2.05) is 0 Å². The highest BCUT2D eigenvalue weighted by molar-refractivity contribution is 6.25. The van der Waals surface area contributed by atoms with E-state index < -0.39 is 5.41 Å². The molecule has 0 unspecified atom stereocenters. The smallest absolute Gasteiger partial charge is 0.145 e. The van der Waals surface area contributed by atoms with E-state index in [1.165, 1.54) is 22.3 Å². The second-order valence-corrected chi connectivity index (χ2v) is 28.2. The van der Waals surface area contributed by atoms with E-state index in [4.69, 9.17) is 13.6 Å². The van der Waals surface area contributed by atoms with Crippen molar-refractivity contribution >= 4 is 78.0 Å². The summed E-state index contributed by atoms with van der Waals surface area (Å²) in [7, 11) is 0. The molecule has 5 heteroatoms. The van der Waals surface area contributed by atoms with Gasteiger partial charge in [0.05, 0.1) is 27.6 Å². The summed E-state index contributed by atoms with van der Waals surface area (Å²) in [6.45, 7) is 27.3. The maximum Gasteiger partial charge on any atom is 0.145 e. The first kappa shape index (κ1) is 56.2. The van der Waals surface area contributed by atoms with Crippen molar-refractivity contribution < 1.29 is 13.6 Å². The highest BCUT2D eigenvalue weighted by Gasteiger charge is 2.51. The van der Waals surface area contributed by atoms with Crippen molar-refractivity contribution in [2.75, 3.05) is 9.80 Å². The summed E-state index contributed by atoms with van der Waals surface area (Å²) in [6, 6.07) is 88.9. The van der Waals surface area contributed by atoms with Gasteiger partial charge in [-0.3, -0.25) is 0 Å². The molecule has 2 heterocycles. The summed E-state index contributed by atoms with van der Waals surface area (Å²) in [5.41, 5.74) is 19.5. The molecule has 0 bridgehead atoms. The predicted octanol–water partition coefficient (Wildman–Crippen LogP) is 23.8. The summed E-state index contributed by atoms with van der Waals surface area (Å²) in [5, 5.41) is 4.09. The quantitative estimate of drug-likeness (QED) is 0.137. The van der Waals surface area contributed by atoms with Crippen LogP contribution < -0.4 is 14.5 Å². The summed E-state index contributed by atoms with van der Waals surface area (Å²) < 4.78 is 22.0. The van der Waals surface area contributed by atoms with Gasteiger partial charge in [-0.2, -0.15) is 0 Å². The van der Waals surface area contributed by atoms with E-state index in [0.29, 0.717) is 0 Å². The van der Waals surface area contributed by atoms with Gasteiger partial charge in [-0.25, -0.2) is 0 Å². The zero-order chi connectivity index (χ0) is 61.1. The van der Waals surface area contributed by atoms with Gasteiger partial charge in [0.2, 0.25) is 0 Å². The second kappa shape index (κ2) is 20.8. The molecule has 88 heavy (non-hydrogen) atoms. The molecule has 1 aliphatic carbocycles. The summed E-state index contributed by atoms with van der Waals surface area (Å²) in [6.07, 6.45) is 0. The lowest BCUT2D eigenvalue weighted by atomic mass is 9.67. The molecule has 0 saturated carbocycles. The maximum absolute atomic E-state index is 7.60. The highest BCUT2D eigenvalue weighted by atomic mass is 16.5. The first-order valence-corrected chi connectivity index (χ1v) is 31.1. The Morgan fingerprint density at radius 1 is 0.318 bits per heavy atom. The number of fused-ring (bicyclic) bond motifs is 11. The fourth-order valence-corrected chi connectivity index (χ4v) is 13.5. The number of para-hydroxylation sites is 4. The van der Waals surface area contributed by atoms with Gasteiger partial charge >= 0.3 is 0 Å². The van der Waals surface area contributed by atoms with Crippen LogP contribution >= 0.6 is 0 Å². The number of nitrogens with zero attached hydrogens (tertiary/aromatic N) is 2. The lowest BCUT2D eigenvalue weighted by molar-refractivity contribution is 0.481. The van der Waals surface area contributed by atoms with E-state index in [1.54, 1.807) is 0 Å². The summed E-state index contributed by atoms with van der Waals surface area (Å²) >= 11 is 0. The number of hydrogen-bond acceptors (Lipinski definition) is 5. The number of rotatable bonds is 10. The number of ether oxygens (including phenoxy) is 1. The van der Waals surface area contributed by atoms with Crippen molar-refractivity contribution in [1.29, 1.82) is 0 Å². The minimum atomic E-state index is -1.02. The minimum Gasteiger partial charge on any atom is -0.457 e. The molecular weight excluding hydrogens is 1070 g/mol. The van der Waals surface area contributed by atoms with E-state index in [0.717, 1.165) is 123 Å². The van der Waals surface area contributed by atoms with Gasteiger partial charge in [-0.15, -0.1) is 0 Å². The molecule has 0 aliphatic heterocycles. The Balaban J connectivity index is 1.16. The molecule has 2 aromatic heterocycles. The topological polar surface area (TPSA) is 42.0 Å². The van der Waals surface area contributed by atoms with E-state index in [9.17, 15) is 0 Å². The summed E-state index contributed by atoms with van der Waals surface area (Å²) in [5.74, 6) is 1.53. The molecule has 0 fully saturated rings. The van der Waals surface area contributed by atoms with Gasteiger partial charge in [-0.1, -0.05) is 229 Å². The molecular formula is C83H76N2O3. The van der Waals surface area contributed by atoms with Gasteiger partial charge in [0.25, 0.3) is 0 Å². The van der Waals surface area contributed by atoms with Crippen LogP contribution in [0.15, 0.2) is 251 Å². The molecule has 0 saturated heterocycles. The third-order valence-corrected chi connectivity index (χ3v) is 18.2. The zero-order valence-electron chi connectivity index (χ0n) is 52.7. The first-order chi connectivity index (χ1) is 42.2. The van der Waals surface area contributed by atoms with Crippen LogP contribution in [0.25, 0.3) is 55.0 Å². The average molecular weight is 1150 g/mol. The van der Waals surface area contributed by atoms with Crippen LogP contribution in [0.2, 0.25) is 0 Å². The third-order valence-electron chi connectivity index (χ3n) is 18.2. The SMILES string of the molecule is CC(C)(C)c1ccc(Oc2ccc(C3(c4ccc(C(C)(C)C)cc4)c4cc(N(c5ccccc5)c5ccc(C(C)(C)C)cc5)c5c(oc6ccccc65)c4-c4c3cc(N(c3ccccc3)c3ccc(C(C)(C)C)cc3)c3c4oc4ccccc43)cc2)cc1. The van der Waals surface area contributed by atoms with E-state index >= 15 is 0 Å². The Hall–Kier alpha value is -9.58. The zero-order valence-corrected chi connectivity index (χ0v) is 52.7. The first-order valence-electron chi connectivity index (χ1n) is 31.1. The molecule has 0 spiro atoms. The van der Waals surface area contributed by atoms with Crippen molar-refractivity contribution in [3.05, 3.63) is 287 Å². The Kier molecular flexibility index (Phi) is 13.3. The second-order valence-electron chi connectivity index (χ2n) is 28.2. The average Bonchev–Trinajstić information content (AvgIpc) is 1.55. The maximum atomic E-state index is 7.60. The van der Waals surface area contributed by atoms with Gasteiger partial charge < -0.3 is 23.4 Å². The van der Waals surface area contributed by atoms with Crippen molar-refractivity contribution in [3.63, 3.8) is 0 Å². The van der Waals surface area contributed by atoms with Crippen LogP contribution in [0.1, 0.15) is 128 Å². The molecule has 0 atom stereocenters. The largest absolute Gasteiger partial charge is 0.457 e. The minimum absolute atomic E-state index is 0.0130. The van der Waals surface area contributed by atoms with Crippen molar-refractivity contribution in [2.45, 2.75) is 110 Å². The lowest BCUT2D eigenvalue weighted by Gasteiger charge is -2.36. The summed E-state index contributed by atoms with van der Waals surface area (Å²) in [4.78, 5) is 4.88. The van der Waals surface area contributed by atoms with Gasteiger partial charge in [0.15, 0.2) is 0 Å². The standard InChI is InChI=1S/C83H76N2O3/c1-79(2,3)53-31-33-57(34-32-53)83(58-41-49-64(50-42-58)86-63-47-39-56(40-48-63)82(10,11)12)67-51-69(84(59-23-15-13-16-24-59)61-43-35-54(36-44-61)80(4,5)6)73-65-27-19-21-29-71(65)87-77(73)75(67)76-68(83)52-70(74-66-28-20-22-30-72(66)88-78(74)76)85(60-25-17-14-18-26-60)62-45-37-55(38-46-62)81(7,8)9/h13-52H,1-12H3. The molecule has 0 amide bonds. The van der Waals surface area contributed by atoms with Gasteiger partial charge in [-0.05, 0) is 163 Å². The Labute approximate surface area is 518 Å². The van der Waals surface area contributed by atoms with Gasteiger partial charge in [0, 0.05) is 44.6 Å². The molecule has 1 aliphatic rings. The van der Waals surface area contributed by atoms with Crippen molar-refractivity contribution in [3.8, 4) is 22.6 Å². The number of furan rings is 2. The van der Waals surface area contributed by atoms with Crippen LogP contribution in [-0.2, 0) is 27.1 Å².